The van der Waals surface area contributed by atoms with Crippen LogP contribution in [0.2, 0.25) is 0 Å². The van der Waals surface area contributed by atoms with E-state index in [0.717, 1.165) is 12.1 Å². The fourth-order valence-corrected chi connectivity index (χ4v) is 3.38. The Morgan fingerprint density at radius 2 is 1.73 bits per heavy atom. The quantitative estimate of drug-likeness (QED) is 0.244. The number of non-ortho nitro benzene ring substituents is 1. The molecule has 0 bridgehead atoms. The second-order valence-electron chi connectivity index (χ2n) is 8.18. The summed E-state index contributed by atoms with van der Waals surface area (Å²) >= 11 is 0. The number of halogens is 3. The molecule has 0 atom stereocenters. The molecule has 1 aromatic heterocycles. The number of ether oxygens (including phenoxy) is 1. The minimum Gasteiger partial charge on any atom is -0.460 e. The van der Waals surface area contributed by atoms with Gasteiger partial charge in [-0.05, 0) is 56.3 Å². The van der Waals surface area contributed by atoms with Gasteiger partial charge in [-0.2, -0.15) is 18.2 Å². The van der Waals surface area contributed by atoms with Crippen molar-refractivity contribution >= 4 is 17.3 Å². The van der Waals surface area contributed by atoms with E-state index in [0.29, 0.717) is 16.9 Å². The summed E-state index contributed by atoms with van der Waals surface area (Å²) in [5, 5.41) is 18.0. The Bertz CT molecular complexity index is 1430. The summed E-state index contributed by atoms with van der Waals surface area (Å²) in [4.78, 5) is 27.2. The smallest absolute Gasteiger partial charge is 0.416 e. The molecule has 0 unspecified atom stereocenters. The van der Waals surface area contributed by atoms with Crippen LogP contribution in [-0.4, -0.2) is 31.7 Å². The van der Waals surface area contributed by atoms with Crippen LogP contribution in [-0.2, 0) is 6.18 Å². The Morgan fingerprint density at radius 3 is 2.32 bits per heavy atom. The first-order valence-electron chi connectivity index (χ1n) is 11.0. The van der Waals surface area contributed by atoms with Crippen LogP contribution in [0.5, 0.6) is 6.01 Å². The summed E-state index contributed by atoms with van der Waals surface area (Å²) < 4.78 is 46.0. The molecule has 4 rings (SSSR count). The molecule has 37 heavy (non-hydrogen) atoms. The minimum atomic E-state index is -4.47. The number of amides is 1. The largest absolute Gasteiger partial charge is 0.460 e. The maximum absolute atomic E-state index is 13.0. The zero-order chi connectivity index (χ0) is 26.7. The molecule has 0 spiro atoms. The SMILES string of the molecule is CC(C)Oc1nc(-c2ccc(C(F)(F)F)cc2)n(-c2ccc(NC(=O)c3cccc([N+](=O)[O-])c3)cc2)n1. The summed E-state index contributed by atoms with van der Waals surface area (Å²) in [5.41, 5.74) is 0.440. The number of benzene rings is 3. The number of carbonyl (C=O) groups excluding carboxylic acids is 1. The number of hydrogen-bond donors (Lipinski definition) is 1. The highest BCUT2D eigenvalue weighted by Gasteiger charge is 2.30. The molecular formula is C25H20F3N5O4. The van der Waals surface area contributed by atoms with Gasteiger partial charge >= 0.3 is 12.2 Å². The lowest BCUT2D eigenvalue weighted by Gasteiger charge is -2.10. The zero-order valence-corrected chi connectivity index (χ0v) is 19.6. The normalized spacial score (nSPS) is 11.4. The predicted molar refractivity (Wildman–Crippen MR) is 129 cm³/mol. The summed E-state index contributed by atoms with van der Waals surface area (Å²) in [6.07, 6.45) is -4.70. The number of alkyl halides is 3. The van der Waals surface area contributed by atoms with Crippen LogP contribution >= 0.6 is 0 Å². The lowest BCUT2D eigenvalue weighted by atomic mass is 10.1. The Labute approximate surface area is 208 Å². The van der Waals surface area contributed by atoms with E-state index in [-0.39, 0.29) is 29.2 Å². The van der Waals surface area contributed by atoms with E-state index in [2.05, 4.69) is 15.4 Å². The van der Waals surface area contributed by atoms with Crippen LogP contribution in [0.3, 0.4) is 0 Å². The summed E-state index contributed by atoms with van der Waals surface area (Å²) in [6.45, 7) is 3.58. The van der Waals surface area contributed by atoms with Gasteiger partial charge in [0.1, 0.15) is 0 Å². The summed E-state index contributed by atoms with van der Waals surface area (Å²) in [5.74, 6) is -0.270. The molecule has 0 radical (unpaired) electrons. The average Bonchev–Trinajstić information content (AvgIpc) is 3.27. The number of anilines is 1. The van der Waals surface area contributed by atoms with Crippen molar-refractivity contribution in [3.8, 4) is 23.1 Å². The van der Waals surface area contributed by atoms with Crippen molar-refractivity contribution in [3.63, 3.8) is 0 Å². The Morgan fingerprint density at radius 1 is 1.05 bits per heavy atom. The van der Waals surface area contributed by atoms with E-state index in [1.807, 2.05) is 0 Å². The first-order chi connectivity index (χ1) is 17.5. The molecule has 0 aliphatic heterocycles. The van der Waals surface area contributed by atoms with Gasteiger partial charge in [0.05, 0.1) is 22.3 Å². The average molecular weight is 511 g/mol. The molecule has 3 aromatic carbocycles. The lowest BCUT2D eigenvalue weighted by molar-refractivity contribution is -0.384. The first-order valence-corrected chi connectivity index (χ1v) is 11.0. The zero-order valence-electron chi connectivity index (χ0n) is 19.6. The molecule has 0 aliphatic rings. The molecule has 12 heteroatoms. The number of carbonyl (C=O) groups is 1. The number of nitro groups is 1. The van der Waals surface area contributed by atoms with Crippen molar-refractivity contribution in [2.45, 2.75) is 26.1 Å². The maximum atomic E-state index is 13.0. The molecule has 1 N–H and O–H groups in total. The molecule has 190 valence electrons. The van der Waals surface area contributed by atoms with Crippen LogP contribution in [0.4, 0.5) is 24.5 Å². The van der Waals surface area contributed by atoms with E-state index >= 15 is 0 Å². The monoisotopic (exact) mass is 511 g/mol. The molecule has 1 amide bonds. The van der Waals surface area contributed by atoms with Crippen LogP contribution in [0.15, 0.2) is 72.8 Å². The van der Waals surface area contributed by atoms with E-state index in [1.54, 1.807) is 38.1 Å². The first kappa shape index (κ1) is 25.4. The topological polar surface area (TPSA) is 112 Å². The van der Waals surface area contributed by atoms with Crippen LogP contribution < -0.4 is 10.1 Å². The number of rotatable bonds is 7. The Kier molecular flexibility index (Phi) is 6.92. The highest BCUT2D eigenvalue weighted by atomic mass is 19.4. The molecule has 0 saturated carbocycles. The van der Waals surface area contributed by atoms with Gasteiger partial charge in [-0.15, -0.1) is 5.10 Å². The summed E-state index contributed by atoms with van der Waals surface area (Å²) in [7, 11) is 0. The second-order valence-corrected chi connectivity index (χ2v) is 8.18. The van der Waals surface area contributed by atoms with Gasteiger partial charge in [0.15, 0.2) is 5.82 Å². The molecule has 9 nitrogen and oxygen atoms in total. The molecule has 1 heterocycles. The molecule has 4 aromatic rings. The van der Waals surface area contributed by atoms with Crippen molar-refractivity contribution in [2.75, 3.05) is 5.32 Å². The van der Waals surface area contributed by atoms with Crippen molar-refractivity contribution < 1.29 is 27.6 Å². The standard InChI is InChI=1S/C25H20F3N5O4/c1-15(2)37-24-30-22(16-6-8-18(9-7-16)25(26,27)28)32(31-24)20-12-10-19(11-13-20)29-23(34)17-4-3-5-21(14-17)33(35)36/h3-15H,1-2H3,(H,29,34). The third-order valence-electron chi connectivity index (χ3n) is 5.09. The Hall–Kier alpha value is -4.74. The van der Waals surface area contributed by atoms with Gasteiger partial charge in [-0.3, -0.25) is 14.9 Å². The van der Waals surface area contributed by atoms with Crippen molar-refractivity contribution in [2.24, 2.45) is 0 Å². The van der Waals surface area contributed by atoms with Gasteiger partial charge in [0, 0.05) is 28.9 Å². The maximum Gasteiger partial charge on any atom is 0.416 e. The summed E-state index contributed by atoms with van der Waals surface area (Å²) in [6, 6.07) is 16.3. The molecular weight excluding hydrogens is 491 g/mol. The van der Waals surface area contributed by atoms with E-state index in [4.69, 9.17) is 4.74 Å². The highest BCUT2D eigenvalue weighted by molar-refractivity contribution is 6.04. The van der Waals surface area contributed by atoms with Gasteiger partial charge in [-0.25, -0.2) is 4.68 Å². The fraction of sp³-hybridized carbons (Fsp3) is 0.160. The van der Waals surface area contributed by atoms with E-state index in [1.165, 1.54) is 41.1 Å². The number of aromatic nitrogens is 3. The van der Waals surface area contributed by atoms with E-state index < -0.39 is 22.6 Å². The third kappa shape index (κ3) is 5.92. The van der Waals surface area contributed by atoms with Crippen molar-refractivity contribution in [1.82, 2.24) is 14.8 Å². The van der Waals surface area contributed by atoms with E-state index in [9.17, 15) is 28.1 Å². The van der Waals surface area contributed by atoms with Crippen molar-refractivity contribution in [1.29, 1.82) is 0 Å². The van der Waals surface area contributed by atoms with Crippen molar-refractivity contribution in [3.05, 3.63) is 94.0 Å². The molecule has 0 saturated heterocycles. The molecule has 0 fully saturated rings. The van der Waals surface area contributed by atoms with Crippen LogP contribution in [0.25, 0.3) is 17.1 Å². The fourth-order valence-electron chi connectivity index (χ4n) is 3.38. The van der Waals surface area contributed by atoms with Gasteiger partial charge in [0.2, 0.25) is 0 Å². The third-order valence-corrected chi connectivity index (χ3v) is 5.09. The highest BCUT2D eigenvalue weighted by Crippen LogP contribution is 2.32. The van der Waals surface area contributed by atoms with Gasteiger partial charge < -0.3 is 10.1 Å². The van der Waals surface area contributed by atoms with Crippen LogP contribution in [0, 0.1) is 10.1 Å². The van der Waals surface area contributed by atoms with Gasteiger partial charge in [0.25, 0.3) is 11.6 Å². The lowest BCUT2D eigenvalue weighted by Crippen LogP contribution is -2.12. The molecule has 0 aliphatic carbocycles. The second kappa shape index (κ2) is 10.1. The Balaban J connectivity index is 1.61. The number of nitrogens with one attached hydrogen (secondary N) is 1. The van der Waals surface area contributed by atoms with Gasteiger partial charge in [-0.1, -0.05) is 18.2 Å². The number of hydrogen-bond acceptors (Lipinski definition) is 6. The van der Waals surface area contributed by atoms with Crippen LogP contribution in [0.1, 0.15) is 29.8 Å². The number of nitro benzene ring substituents is 1. The minimum absolute atomic E-state index is 0.0490. The number of nitrogens with zero attached hydrogens (tertiary/aromatic N) is 4. The predicted octanol–water partition coefficient (Wildman–Crippen LogP) is 5.90.